The zero-order valence-electron chi connectivity index (χ0n) is 11.1. The smallest absolute Gasteiger partial charge is 0.238 e. The van der Waals surface area contributed by atoms with E-state index in [-0.39, 0.29) is 24.6 Å². The van der Waals surface area contributed by atoms with Gasteiger partial charge in [0.25, 0.3) is 0 Å². The van der Waals surface area contributed by atoms with Gasteiger partial charge in [-0.15, -0.1) is 0 Å². The summed E-state index contributed by atoms with van der Waals surface area (Å²) >= 11 is 0. The van der Waals surface area contributed by atoms with Gasteiger partial charge in [0.2, 0.25) is 5.91 Å². The van der Waals surface area contributed by atoms with Gasteiger partial charge >= 0.3 is 0 Å². The molecule has 4 nitrogen and oxygen atoms in total. The number of carbonyl (C=O) groups excluding carboxylic acids is 1. The van der Waals surface area contributed by atoms with Crippen molar-refractivity contribution in [1.29, 1.82) is 0 Å². The topological polar surface area (TPSA) is 49.4 Å². The Balaban J connectivity index is 2.17. The maximum absolute atomic E-state index is 13.8. The first kappa shape index (κ1) is 15.1. The van der Waals surface area contributed by atoms with Crippen LogP contribution in [0.2, 0.25) is 0 Å². The second-order valence-electron chi connectivity index (χ2n) is 4.47. The number of rotatable bonds is 5. The summed E-state index contributed by atoms with van der Waals surface area (Å²) in [5.74, 6) is -0.659. The molecular weight excluding hydrogens is 286 g/mol. The van der Waals surface area contributed by atoms with Crippen LogP contribution in [0.3, 0.4) is 0 Å². The highest BCUT2D eigenvalue weighted by molar-refractivity contribution is 7.84. The second kappa shape index (κ2) is 6.41. The van der Waals surface area contributed by atoms with Crippen LogP contribution in [-0.4, -0.2) is 39.6 Å². The number of hydrogen-bond acceptors (Lipinski definition) is 3. The van der Waals surface area contributed by atoms with Crippen molar-refractivity contribution < 1.29 is 17.8 Å². The van der Waals surface area contributed by atoms with Gasteiger partial charge in [-0.05, 0) is 12.1 Å². The van der Waals surface area contributed by atoms with E-state index in [1.165, 1.54) is 11.0 Å². The summed E-state index contributed by atoms with van der Waals surface area (Å²) in [7, 11) is -0.994. The first-order valence-electron chi connectivity index (χ1n) is 6.35. The zero-order valence-corrected chi connectivity index (χ0v) is 11.9. The lowest BCUT2D eigenvalue weighted by atomic mass is 10.1. The van der Waals surface area contributed by atoms with Crippen molar-refractivity contribution in [2.45, 2.75) is 13.1 Å². The Morgan fingerprint density at radius 1 is 1.45 bits per heavy atom. The fourth-order valence-electron chi connectivity index (χ4n) is 2.14. The number of benzene rings is 1. The molecule has 1 amide bonds. The van der Waals surface area contributed by atoms with Crippen molar-refractivity contribution in [3.8, 4) is 0 Å². The van der Waals surface area contributed by atoms with Crippen LogP contribution in [0.4, 0.5) is 8.78 Å². The van der Waals surface area contributed by atoms with Crippen molar-refractivity contribution in [2.24, 2.45) is 0 Å². The van der Waals surface area contributed by atoms with Crippen molar-refractivity contribution in [3.05, 3.63) is 35.4 Å². The molecule has 1 fully saturated rings. The van der Waals surface area contributed by atoms with E-state index in [1.54, 1.807) is 6.92 Å². The lowest BCUT2D eigenvalue weighted by Gasteiger charge is -2.24. The molecule has 2 rings (SSSR count). The van der Waals surface area contributed by atoms with Crippen molar-refractivity contribution in [1.82, 2.24) is 10.2 Å². The Labute approximate surface area is 118 Å². The zero-order chi connectivity index (χ0) is 14.7. The minimum atomic E-state index is -0.994. The molecule has 1 aromatic rings. The summed E-state index contributed by atoms with van der Waals surface area (Å²) in [6.07, 6.45) is -0.628. The molecule has 1 heterocycles. The van der Waals surface area contributed by atoms with E-state index in [0.29, 0.717) is 11.5 Å². The quantitative estimate of drug-likeness (QED) is 0.888. The SMILES string of the molecule is CCS(=O)CCN1C(=O)CNC1c1ccc(F)cc1F. The molecule has 2 unspecified atom stereocenters. The average Bonchev–Trinajstić information content (AvgIpc) is 2.77. The molecule has 0 bridgehead atoms. The third-order valence-electron chi connectivity index (χ3n) is 3.22. The monoisotopic (exact) mass is 302 g/mol. The lowest BCUT2D eigenvalue weighted by molar-refractivity contribution is -0.127. The third-order valence-corrected chi connectivity index (χ3v) is 4.50. The van der Waals surface area contributed by atoms with Crippen LogP contribution in [0.15, 0.2) is 18.2 Å². The van der Waals surface area contributed by atoms with Crippen LogP contribution < -0.4 is 5.32 Å². The van der Waals surface area contributed by atoms with E-state index in [9.17, 15) is 17.8 Å². The molecule has 7 heteroatoms. The number of nitrogens with zero attached hydrogens (tertiary/aromatic N) is 1. The van der Waals surface area contributed by atoms with Crippen LogP contribution in [-0.2, 0) is 15.6 Å². The molecule has 1 saturated heterocycles. The van der Waals surface area contributed by atoms with Gasteiger partial charge in [0, 0.05) is 40.5 Å². The fraction of sp³-hybridized carbons (Fsp3) is 0.462. The molecule has 0 spiro atoms. The predicted octanol–water partition coefficient (Wildman–Crippen LogP) is 1.16. The fourth-order valence-corrected chi connectivity index (χ4v) is 2.83. The number of carbonyl (C=O) groups is 1. The summed E-state index contributed by atoms with van der Waals surface area (Å²) in [6, 6.07) is 3.28. The molecule has 0 aliphatic carbocycles. The van der Waals surface area contributed by atoms with Crippen LogP contribution in [0.1, 0.15) is 18.7 Å². The molecule has 1 aliphatic rings. The molecule has 1 N–H and O–H groups in total. The van der Waals surface area contributed by atoms with Gasteiger partial charge in [-0.25, -0.2) is 8.78 Å². The van der Waals surface area contributed by atoms with E-state index >= 15 is 0 Å². The first-order chi connectivity index (χ1) is 9.52. The maximum Gasteiger partial charge on any atom is 0.238 e. The molecule has 2 atom stereocenters. The number of halogens is 2. The largest absolute Gasteiger partial charge is 0.321 e. The van der Waals surface area contributed by atoms with E-state index in [2.05, 4.69) is 5.32 Å². The third kappa shape index (κ3) is 3.21. The molecule has 0 aromatic heterocycles. The summed E-state index contributed by atoms with van der Waals surface area (Å²) in [6.45, 7) is 2.19. The van der Waals surface area contributed by atoms with Crippen molar-refractivity contribution >= 4 is 16.7 Å². The minimum Gasteiger partial charge on any atom is -0.321 e. The number of amides is 1. The van der Waals surface area contributed by atoms with E-state index in [4.69, 9.17) is 0 Å². The Kier molecular flexibility index (Phi) is 4.82. The predicted molar refractivity (Wildman–Crippen MR) is 72.4 cm³/mol. The summed E-state index contributed by atoms with van der Waals surface area (Å²) in [4.78, 5) is 13.3. The highest BCUT2D eigenvalue weighted by atomic mass is 32.2. The van der Waals surface area contributed by atoms with E-state index < -0.39 is 28.6 Å². The molecule has 20 heavy (non-hydrogen) atoms. The van der Waals surface area contributed by atoms with E-state index in [1.807, 2.05) is 0 Å². The molecule has 1 aromatic carbocycles. The van der Waals surface area contributed by atoms with Gasteiger partial charge in [-0.2, -0.15) is 0 Å². The van der Waals surface area contributed by atoms with Crippen molar-refractivity contribution in [3.63, 3.8) is 0 Å². The van der Waals surface area contributed by atoms with Gasteiger partial charge in [0.15, 0.2) is 0 Å². The molecule has 1 aliphatic heterocycles. The second-order valence-corrected chi connectivity index (χ2v) is 6.33. The van der Waals surface area contributed by atoms with Crippen molar-refractivity contribution in [2.75, 3.05) is 24.6 Å². The van der Waals surface area contributed by atoms with Gasteiger partial charge < -0.3 is 4.90 Å². The van der Waals surface area contributed by atoms with Gasteiger partial charge in [-0.3, -0.25) is 14.3 Å². The normalized spacial score (nSPS) is 20.4. The van der Waals surface area contributed by atoms with Crippen LogP contribution in [0.25, 0.3) is 0 Å². The Bertz CT molecular complexity index is 539. The van der Waals surface area contributed by atoms with Gasteiger partial charge in [0.05, 0.1) is 6.54 Å². The van der Waals surface area contributed by atoms with E-state index in [0.717, 1.165) is 12.1 Å². The maximum atomic E-state index is 13.8. The molecule has 0 saturated carbocycles. The lowest BCUT2D eigenvalue weighted by Crippen LogP contribution is -2.34. The Morgan fingerprint density at radius 3 is 2.85 bits per heavy atom. The molecular formula is C13H16F2N2O2S. The van der Waals surface area contributed by atoms with Crippen LogP contribution in [0, 0.1) is 11.6 Å². The summed E-state index contributed by atoms with van der Waals surface area (Å²) in [5.41, 5.74) is 0.222. The molecule has 0 radical (unpaired) electrons. The minimum absolute atomic E-state index is 0.0975. The highest BCUT2D eigenvalue weighted by Gasteiger charge is 2.33. The summed E-state index contributed by atoms with van der Waals surface area (Å²) in [5, 5.41) is 2.89. The number of nitrogens with one attached hydrogen (secondary N) is 1. The van der Waals surface area contributed by atoms with Gasteiger partial charge in [-0.1, -0.05) is 6.92 Å². The summed E-state index contributed by atoms with van der Waals surface area (Å²) < 4.78 is 38.2. The Morgan fingerprint density at radius 2 is 2.20 bits per heavy atom. The highest BCUT2D eigenvalue weighted by Crippen LogP contribution is 2.25. The first-order valence-corrected chi connectivity index (χ1v) is 7.84. The van der Waals surface area contributed by atoms with Crippen LogP contribution >= 0.6 is 0 Å². The van der Waals surface area contributed by atoms with Crippen LogP contribution in [0.5, 0.6) is 0 Å². The molecule has 110 valence electrons. The standard InChI is InChI=1S/C13H16F2N2O2S/c1-2-20(19)6-5-17-12(18)8-16-13(17)10-4-3-9(14)7-11(10)15/h3-4,7,13,16H,2,5-6,8H2,1H3. The van der Waals surface area contributed by atoms with Gasteiger partial charge in [0.1, 0.15) is 17.8 Å². The average molecular weight is 302 g/mol. The Hall–Kier alpha value is -1.34. The number of hydrogen-bond donors (Lipinski definition) is 1.